The maximum absolute atomic E-state index is 13.1. The minimum atomic E-state index is -1.10. The minimum absolute atomic E-state index is 0.0516. The number of nitrogens with one attached hydrogen (secondary N) is 1. The molecule has 2 aromatic rings. The Morgan fingerprint density at radius 3 is 2.31 bits per heavy atom. The lowest BCUT2D eigenvalue weighted by Gasteiger charge is -2.41. The van der Waals surface area contributed by atoms with Crippen molar-refractivity contribution >= 4 is 11.8 Å². The van der Waals surface area contributed by atoms with Crippen LogP contribution in [0.3, 0.4) is 0 Å². The fraction of sp³-hybridized carbons (Fsp3) is 0.391. The average Bonchev–Trinajstić information content (AvgIpc) is 2.74. The van der Waals surface area contributed by atoms with Crippen molar-refractivity contribution in [3.05, 3.63) is 59.9 Å². The molecule has 0 bridgehead atoms. The number of morpholine rings is 1. The standard InChI is InChI=1S/C23H27FN2O3/c1-3-4-21(27)26-13-14-29-23(16-26,22(28)25-2)15-17-5-7-18(8-6-17)19-9-11-20(24)12-10-19/h5-12H,3-4,13-16H2,1-2H3,(H,25,28)/t23-/m0/s1. The van der Waals surface area contributed by atoms with Crippen LogP contribution in [0.15, 0.2) is 48.5 Å². The highest BCUT2D eigenvalue weighted by atomic mass is 19.1. The van der Waals surface area contributed by atoms with Gasteiger partial charge >= 0.3 is 0 Å². The van der Waals surface area contributed by atoms with Crippen LogP contribution in [0.4, 0.5) is 4.39 Å². The van der Waals surface area contributed by atoms with Crippen LogP contribution in [0.1, 0.15) is 25.3 Å². The minimum Gasteiger partial charge on any atom is -0.361 e. The molecule has 6 heteroatoms. The predicted molar refractivity (Wildman–Crippen MR) is 110 cm³/mol. The lowest BCUT2D eigenvalue weighted by atomic mass is 9.90. The van der Waals surface area contributed by atoms with Gasteiger partial charge in [0.05, 0.1) is 13.2 Å². The van der Waals surface area contributed by atoms with E-state index in [0.717, 1.165) is 23.1 Å². The van der Waals surface area contributed by atoms with E-state index >= 15 is 0 Å². The number of benzene rings is 2. The van der Waals surface area contributed by atoms with Gasteiger partial charge in [-0.3, -0.25) is 9.59 Å². The molecule has 2 aromatic carbocycles. The summed E-state index contributed by atoms with van der Waals surface area (Å²) in [4.78, 5) is 26.8. The first kappa shape index (κ1) is 21.0. The lowest BCUT2D eigenvalue weighted by Crippen LogP contribution is -2.61. The van der Waals surface area contributed by atoms with E-state index in [0.29, 0.717) is 26.0 Å². The highest BCUT2D eigenvalue weighted by Gasteiger charge is 2.44. The maximum Gasteiger partial charge on any atom is 0.254 e. The van der Waals surface area contributed by atoms with Crippen LogP contribution in [-0.2, 0) is 20.7 Å². The molecule has 1 N–H and O–H groups in total. The monoisotopic (exact) mass is 398 g/mol. The van der Waals surface area contributed by atoms with Gasteiger partial charge in [-0.05, 0) is 35.2 Å². The van der Waals surface area contributed by atoms with E-state index in [4.69, 9.17) is 4.74 Å². The molecular weight excluding hydrogens is 371 g/mol. The number of hydrogen-bond donors (Lipinski definition) is 1. The van der Waals surface area contributed by atoms with E-state index in [1.54, 1.807) is 24.1 Å². The van der Waals surface area contributed by atoms with Crippen molar-refractivity contribution in [1.29, 1.82) is 0 Å². The van der Waals surface area contributed by atoms with Gasteiger partial charge in [0.25, 0.3) is 5.91 Å². The lowest BCUT2D eigenvalue weighted by molar-refractivity contribution is -0.165. The van der Waals surface area contributed by atoms with Crippen LogP contribution in [0.2, 0.25) is 0 Å². The van der Waals surface area contributed by atoms with Crippen LogP contribution in [0.25, 0.3) is 11.1 Å². The topological polar surface area (TPSA) is 58.6 Å². The van der Waals surface area contributed by atoms with Crippen molar-refractivity contribution in [3.63, 3.8) is 0 Å². The number of likely N-dealkylation sites (N-methyl/N-ethyl adjacent to an activating group) is 1. The highest BCUT2D eigenvalue weighted by molar-refractivity contribution is 5.87. The third kappa shape index (κ3) is 4.82. The summed E-state index contributed by atoms with van der Waals surface area (Å²) < 4.78 is 19.1. The summed E-state index contributed by atoms with van der Waals surface area (Å²) in [5.41, 5.74) is 1.72. The third-order valence-corrected chi connectivity index (χ3v) is 5.26. The fourth-order valence-corrected chi connectivity index (χ4v) is 3.71. The molecule has 29 heavy (non-hydrogen) atoms. The van der Waals surface area contributed by atoms with Crippen LogP contribution in [-0.4, -0.2) is 49.1 Å². The molecule has 0 saturated carbocycles. The van der Waals surface area contributed by atoms with Gasteiger partial charge in [-0.2, -0.15) is 0 Å². The molecule has 1 fully saturated rings. The van der Waals surface area contributed by atoms with E-state index < -0.39 is 5.60 Å². The number of rotatable bonds is 6. The number of halogens is 1. The molecular formula is C23H27FN2O3. The summed E-state index contributed by atoms with van der Waals surface area (Å²) in [6.07, 6.45) is 1.61. The summed E-state index contributed by atoms with van der Waals surface area (Å²) in [6, 6.07) is 14.1. The van der Waals surface area contributed by atoms with Gasteiger partial charge in [0.15, 0.2) is 5.60 Å². The molecule has 0 aromatic heterocycles. The molecule has 1 aliphatic heterocycles. The Bertz CT molecular complexity index is 851. The number of carbonyl (C=O) groups is 2. The summed E-state index contributed by atoms with van der Waals surface area (Å²) in [5, 5.41) is 2.69. The first-order chi connectivity index (χ1) is 14.0. The summed E-state index contributed by atoms with van der Waals surface area (Å²) >= 11 is 0. The van der Waals surface area contributed by atoms with E-state index in [2.05, 4.69) is 5.32 Å². The Labute approximate surface area is 170 Å². The first-order valence-corrected chi connectivity index (χ1v) is 9.96. The first-order valence-electron chi connectivity index (χ1n) is 9.96. The summed E-state index contributed by atoms with van der Waals surface area (Å²) in [7, 11) is 1.58. The maximum atomic E-state index is 13.1. The van der Waals surface area contributed by atoms with Gasteiger partial charge in [0.1, 0.15) is 5.82 Å². The zero-order valence-electron chi connectivity index (χ0n) is 16.9. The molecule has 1 aliphatic rings. The predicted octanol–water partition coefficient (Wildman–Crippen LogP) is 3.18. The van der Waals surface area contributed by atoms with Crippen molar-refractivity contribution in [1.82, 2.24) is 10.2 Å². The van der Waals surface area contributed by atoms with Crippen LogP contribution in [0.5, 0.6) is 0 Å². The number of hydrogen-bond acceptors (Lipinski definition) is 3. The number of amides is 2. The average molecular weight is 398 g/mol. The van der Waals surface area contributed by atoms with E-state index in [1.165, 1.54) is 12.1 Å². The van der Waals surface area contributed by atoms with Crippen molar-refractivity contribution in [3.8, 4) is 11.1 Å². The Morgan fingerprint density at radius 1 is 1.10 bits per heavy atom. The van der Waals surface area contributed by atoms with Gasteiger partial charge in [-0.15, -0.1) is 0 Å². The molecule has 0 unspecified atom stereocenters. The van der Waals surface area contributed by atoms with Crippen molar-refractivity contribution in [2.75, 3.05) is 26.7 Å². The van der Waals surface area contributed by atoms with Crippen LogP contribution >= 0.6 is 0 Å². The second kappa shape index (κ2) is 9.18. The molecule has 5 nitrogen and oxygen atoms in total. The Balaban J connectivity index is 1.80. The molecule has 1 atom stereocenters. The zero-order valence-corrected chi connectivity index (χ0v) is 16.9. The van der Waals surface area contributed by atoms with Gasteiger partial charge in [-0.25, -0.2) is 4.39 Å². The SMILES string of the molecule is CCCC(=O)N1CCO[C@](Cc2ccc(-c3ccc(F)cc3)cc2)(C(=O)NC)C1. The fourth-order valence-electron chi connectivity index (χ4n) is 3.71. The molecule has 3 rings (SSSR count). The van der Waals surface area contributed by atoms with Gasteiger partial charge in [0, 0.05) is 26.4 Å². The largest absolute Gasteiger partial charge is 0.361 e. The second-order valence-corrected chi connectivity index (χ2v) is 7.37. The third-order valence-electron chi connectivity index (χ3n) is 5.26. The normalized spacial score (nSPS) is 19.1. The summed E-state index contributed by atoms with van der Waals surface area (Å²) in [5.74, 6) is -0.445. The van der Waals surface area contributed by atoms with Crippen molar-refractivity contribution in [2.45, 2.75) is 31.8 Å². The molecule has 0 spiro atoms. The highest BCUT2D eigenvalue weighted by Crippen LogP contribution is 2.26. The van der Waals surface area contributed by atoms with E-state index in [-0.39, 0.29) is 24.2 Å². The van der Waals surface area contributed by atoms with Crippen LogP contribution in [0, 0.1) is 5.82 Å². The Kier molecular flexibility index (Phi) is 6.64. The Morgan fingerprint density at radius 2 is 1.72 bits per heavy atom. The molecule has 1 saturated heterocycles. The second-order valence-electron chi connectivity index (χ2n) is 7.37. The number of nitrogens with zero attached hydrogens (tertiary/aromatic N) is 1. The zero-order chi connectivity index (χ0) is 20.9. The molecule has 2 amide bonds. The Hall–Kier alpha value is -2.73. The van der Waals surface area contributed by atoms with E-state index in [9.17, 15) is 14.0 Å². The van der Waals surface area contributed by atoms with Crippen molar-refractivity contribution < 1.29 is 18.7 Å². The quantitative estimate of drug-likeness (QED) is 0.813. The summed E-state index contributed by atoms with van der Waals surface area (Å²) in [6.45, 7) is 3.04. The number of ether oxygens (including phenoxy) is 1. The molecule has 0 aliphatic carbocycles. The molecule has 1 heterocycles. The molecule has 154 valence electrons. The van der Waals surface area contributed by atoms with Gasteiger partial charge in [-0.1, -0.05) is 43.3 Å². The van der Waals surface area contributed by atoms with Gasteiger partial charge in [0.2, 0.25) is 5.91 Å². The van der Waals surface area contributed by atoms with Crippen LogP contribution < -0.4 is 5.32 Å². The number of carbonyl (C=O) groups excluding carboxylic acids is 2. The smallest absolute Gasteiger partial charge is 0.254 e. The van der Waals surface area contributed by atoms with Gasteiger partial charge < -0.3 is 15.0 Å². The van der Waals surface area contributed by atoms with E-state index in [1.807, 2.05) is 31.2 Å². The molecule has 0 radical (unpaired) electrons. The van der Waals surface area contributed by atoms with Crippen molar-refractivity contribution in [2.24, 2.45) is 0 Å².